The highest BCUT2D eigenvalue weighted by molar-refractivity contribution is 8.01. The number of benzene rings is 2. The van der Waals surface area contributed by atoms with Crippen molar-refractivity contribution in [1.29, 1.82) is 0 Å². The zero-order valence-corrected chi connectivity index (χ0v) is 11.7. The van der Waals surface area contributed by atoms with Crippen LogP contribution in [0.15, 0.2) is 59.5 Å². The number of para-hydroxylation sites is 1. The van der Waals surface area contributed by atoms with Gasteiger partial charge in [0, 0.05) is 4.90 Å². The second-order valence-electron chi connectivity index (χ2n) is 3.85. The third-order valence-electron chi connectivity index (χ3n) is 2.60. The second kappa shape index (κ2) is 6.77. The Morgan fingerprint density at radius 2 is 1.75 bits per heavy atom. The monoisotopic (exact) mass is 287 g/mol. The van der Waals surface area contributed by atoms with Gasteiger partial charge in [0.05, 0.1) is 18.4 Å². The molecule has 0 radical (unpaired) electrons. The van der Waals surface area contributed by atoms with E-state index in [1.54, 1.807) is 18.2 Å². The predicted molar refractivity (Wildman–Crippen MR) is 78.6 cm³/mol. The van der Waals surface area contributed by atoms with Gasteiger partial charge in [-0.3, -0.25) is 9.10 Å². The molecule has 0 N–H and O–H groups in total. The van der Waals surface area contributed by atoms with Crippen molar-refractivity contribution in [3.05, 3.63) is 60.2 Å². The van der Waals surface area contributed by atoms with E-state index < -0.39 is 5.97 Å². The Morgan fingerprint density at radius 1 is 1.10 bits per heavy atom. The van der Waals surface area contributed by atoms with Gasteiger partial charge in [-0.2, -0.15) is 0 Å². The summed E-state index contributed by atoms with van der Waals surface area (Å²) >= 11 is 1.18. The van der Waals surface area contributed by atoms with E-state index in [1.807, 2.05) is 36.4 Å². The summed E-state index contributed by atoms with van der Waals surface area (Å²) in [6, 6.07) is 16.2. The van der Waals surface area contributed by atoms with Crippen LogP contribution in [0.5, 0.6) is 0 Å². The number of anilines is 1. The van der Waals surface area contributed by atoms with Crippen molar-refractivity contribution in [2.24, 2.45) is 0 Å². The molecular formula is C15H13NO3S. The molecule has 0 saturated carbocycles. The van der Waals surface area contributed by atoms with Crippen molar-refractivity contribution >= 4 is 30.0 Å². The Balaban J connectivity index is 2.29. The molecule has 4 nitrogen and oxygen atoms in total. The van der Waals surface area contributed by atoms with Gasteiger partial charge in [0.25, 0.3) is 0 Å². The smallest absolute Gasteiger partial charge is 0.339 e. The molecule has 0 aliphatic carbocycles. The molecule has 0 atom stereocenters. The maximum Gasteiger partial charge on any atom is 0.339 e. The van der Waals surface area contributed by atoms with Crippen molar-refractivity contribution < 1.29 is 14.3 Å². The van der Waals surface area contributed by atoms with Crippen molar-refractivity contribution in [2.45, 2.75) is 4.90 Å². The standard InChI is InChI=1S/C15H13NO3S/c1-19-15(18)13-9-5-6-10-14(13)20-16(11-17)12-7-3-2-4-8-12/h2-11H,1H3. The lowest BCUT2D eigenvalue weighted by Crippen LogP contribution is -2.12. The van der Waals surface area contributed by atoms with Gasteiger partial charge in [-0.15, -0.1) is 0 Å². The number of rotatable bonds is 5. The summed E-state index contributed by atoms with van der Waals surface area (Å²) in [6.07, 6.45) is 0.716. The number of nitrogens with zero attached hydrogens (tertiary/aromatic N) is 1. The average molecular weight is 287 g/mol. The van der Waals surface area contributed by atoms with Gasteiger partial charge in [-0.25, -0.2) is 4.79 Å². The fourth-order valence-corrected chi connectivity index (χ4v) is 2.51. The Labute approximate surface area is 121 Å². The first-order valence-electron chi connectivity index (χ1n) is 5.91. The summed E-state index contributed by atoms with van der Waals surface area (Å²) in [7, 11) is 1.33. The molecule has 102 valence electrons. The third kappa shape index (κ3) is 3.19. The van der Waals surface area contributed by atoms with Crippen LogP contribution in [0.25, 0.3) is 0 Å². The van der Waals surface area contributed by atoms with E-state index in [0.29, 0.717) is 16.9 Å². The molecule has 0 bridgehead atoms. The lowest BCUT2D eigenvalue weighted by molar-refractivity contribution is -0.106. The van der Waals surface area contributed by atoms with E-state index in [-0.39, 0.29) is 0 Å². The molecule has 0 aliphatic rings. The lowest BCUT2D eigenvalue weighted by atomic mass is 10.2. The second-order valence-corrected chi connectivity index (χ2v) is 4.86. The first kappa shape index (κ1) is 14.1. The van der Waals surface area contributed by atoms with E-state index in [9.17, 15) is 9.59 Å². The number of carbonyl (C=O) groups excluding carboxylic acids is 2. The summed E-state index contributed by atoms with van der Waals surface area (Å²) in [5, 5.41) is 0. The Bertz CT molecular complexity index is 601. The van der Waals surface area contributed by atoms with Crippen LogP contribution >= 0.6 is 11.9 Å². The van der Waals surface area contributed by atoms with Crippen LogP contribution in [-0.4, -0.2) is 19.5 Å². The third-order valence-corrected chi connectivity index (χ3v) is 3.64. The van der Waals surface area contributed by atoms with E-state index >= 15 is 0 Å². The summed E-state index contributed by atoms with van der Waals surface area (Å²) in [4.78, 5) is 23.6. The fourth-order valence-electron chi connectivity index (χ4n) is 1.64. The number of esters is 1. The molecule has 0 aliphatic heterocycles. The first-order valence-corrected chi connectivity index (χ1v) is 6.68. The van der Waals surface area contributed by atoms with Crippen LogP contribution in [0, 0.1) is 0 Å². The first-order chi connectivity index (χ1) is 9.76. The van der Waals surface area contributed by atoms with E-state index in [2.05, 4.69) is 0 Å². The van der Waals surface area contributed by atoms with Gasteiger partial charge >= 0.3 is 5.97 Å². The SMILES string of the molecule is COC(=O)c1ccccc1SN(C=O)c1ccccc1. The molecule has 5 heteroatoms. The number of ether oxygens (including phenoxy) is 1. The molecule has 0 unspecified atom stereocenters. The van der Waals surface area contributed by atoms with Crippen molar-refractivity contribution in [2.75, 3.05) is 11.4 Å². The number of carbonyl (C=O) groups is 2. The molecule has 2 aromatic carbocycles. The molecule has 20 heavy (non-hydrogen) atoms. The van der Waals surface area contributed by atoms with Crippen LogP contribution in [0.4, 0.5) is 5.69 Å². The molecular weight excluding hydrogens is 274 g/mol. The molecule has 1 amide bonds. The minimum absolute atomic E-state index is 0.424. The largest absolute Gasteiger partial charge is 0.465 e. The van der Waals surface area contributed by atoms with Gasteiger partial charge in [0.15, 0.2) is 0 Å². The van der Waals surface area contributed by atoms with Crippen molar-refractivity contribution in [3.63, 3.8) is 0 Å². The molecule has 0 aromatic heterocycles. The number of hydrogen-bond acceptors (Lipinski definition) is 4. The highest BCUT2D eigenvalue weighted by atomic mass is 32.2. The lowest BCUT2D eigenvalue weighted by Gasteiger charge is -2.17. The molecule has 0 fully saturated rings. The highest BCUT2D eigenvalue weighted by Crippen LogP contribution is 2.30. The van der Waals surface area contributed by atoms with Crippen LogP contribution < -0.4 is 4.31 Å². The van der Waals surface area contributed by atoms with Crippen LogP contribution in [0.2, 0.25) is 0 Å². The quantitative estimate of drug-likeness (QED) is 0.481. The van der Waals surface area contributed by atoms with Gasteiger partial charge in [-0.1, -0.05) is 30.3 Å². The van der Waals surface area contributed by atoms with E-state index in [4.69, 9.17) is 4.74 Å². The van der Waals surface area contributed by atoms with Crippen molar-refractivity contribution in [1.82, 2.24) is 0 Å². The minimum atomic E-state index is -0.424. The van der Waals surface area contributed by atoms with Crippen LogP contribution in [-0.2, 0) is 9.53 Å². The van der Waals surface area contributed by atoms with Gasteiger partial charge in [0.1, 0.15) is 0 Å². The average Bonchev–Trinajstić information content (AvgIpc) is 2.53. The Hall–Kier alpha value is -2.27. The minimum Gasteiger partial charge on any atom is -0.465 e. The zero-order chi connectivity index (χ0) is 14.4. The number of amides is 1. The predicted octanol–water partition coefficient (Wildman–Crippen LogP) is 3.14. The number of hydrogen-bond donors (Lipinski definition) is 0. The molecule has 0 saturated heterocycles. The highest BCUT2D eigenvalue weighted by Gasteiger charge is 2.15. The van der Waals surface area contributed by atoms with Crippen LogP contribution in [0.1, 0.15) is 10.4 Å². The Kier molecular flexibility index (Phi) is 4.79. The Morgan fingerprint density at radius 3 is 2.40 bits per heavy atom. The summed E-state index contributed by atoms with van der Waals surface area (Å²) in [5.41, 5.74) is 1.18. The fraction of sp³-hybridized carbons (Fsp3) is 0.0667. The van der Waals surface area contributed by atoms with Gasteiger partial charge in [0.2, 0.25) is 6.41 Å². The normalized spacial score (nSPS) is 9.85. The number of methoxy groups -OCH3 is 1. The summed E-state index contributed by atoms with van der Waals surface area (Å²) in [6.45, 7) is 0. The maximum atomic E-state index is 11.7. The van der Waals surface area contributed by atoms with Gasteiger partial charge in [-0.05, 0) is 36.2 Å². The van der Waals surface area contributed by atoms with E-state index in [0.717, 1.165) is 5.69 Å². The van der Waals surface area contributed by atoms with Crippen LogP contribution in [0.3, 0.4) is 0 Å². The summed E-state index contributed by atoms with van der Waals surface area (Å²) in [5.74, 6) is -0.424. The molecule has 2 rings (SSSR count). The topological polar surface area (TPSA) is 46.6 Å². The van der Waals surface area contributed by atoms with Crippen molar-refractivity contribution in [3.8, 4) is 0 Å². The molecule has 0 heterocycles. The molecule has 2 aromatic rings. The summed E-state index contributed by atoms with van der Waals surface area (Å²) < 4.78 is 6.20. The van der Waals surface area contributed by atoms with E-state index in [1.165, 1.54) is 23.4 Å². The van der Waals surface area contributed by atoms with Gasteiger partial charge < -0.3 is 4.74 Å². The maximum absolute atomic E-state index is 11.7. The molecule has 0 spiro atoms. The zero-order valence-electron chi connectivity index (χ0n) is 10.9.